The number of alkyl halides is 3. The lowest BCUT2D eigenvalue weighted by molar-refractivity contribution is -0.215. The molecule has 5 nitrogen and oxygen atoms in total. The van der Waals surface area contributed by atoms with Crippen LogP contribution >= 0.6 is 0 Å². The Kier molecular flexibility index (Phi) is 7.60. The topological polar surface area (TPSA) is 87.7 Å². The Labute approximate surface area is 178 Å². The number of nitrogens with two attached hydrogens (primary N) is 1. The molecule has 0 aromatic carbocycles. The van der Waals surface area contributed by atoms with Crippen LogP contribution in [-0.2, 0) is 4.74 Å². The first-order valence-electron chi connectivity index (χ1n) is 11.0. The van der Waals surface area contributed by atoms with Crippen LogP contribution < -0.4 is 11.1 Å². The van der Waals surface area contributed by atoms with E-state index in [0.29, 0.717) is 32.4 Å². The summed E-state index contributed by atoms with van der Waals surface area (Å²) in [5, 5.41) is 23.9. The SMILES string of the molecule is C[C@]12CCC[C@@](C)(/C(CNCCCCN)=C(\O)C(F)(F)F)[C@@]1(C)CO[C@](C)(O)CC2. The third kappa shape index (κ3) is 4.81. The van der Waals surface area contributed by atoms with E-state index >= 15 is 0 Å². The predicted octanol–water partition coefficient (Wildman–Crippen LogP) is 4.41. The quantitative estimate of drug-likeness (QED) is 0.351. The third-order valence-electron chi connectivity index (χ3n) is 8.10. The molecule has 0 aromatic rings. The van der Waals surface area contributed by atoms with Crippen molar-refractivity contribution < 1.29 is 28.1 Å². The molecule has 176 valence electrons. The molecule has 0 aromatic heterocycles. The third-order valence-corrected chi connectivity index (χ3v) is 8.10. The van der Waals surface area contributed by atoms with Gasteiger partial charge in [-0.15, -0.1) is 0 Å². The zero-order chi connectivity index (χ0) is 22.8. The van der Waals surface area contributed by atoms with E-state index in [2.05, 4.69) is 12.2 Å². The van der Waals surface area contributed by atoms with Crippen LogP contribution in [-0.4, -0.2) is 48.4 Å². The van der Waals surface area contributed by atoms with Gasteiger partial charge in [0.05, 0.1) is 6.61 Å². The van der Waals surface area contributed by atoms with Crippen LogP contribution in [0.5, 0.6) is 0 Å². The highest BCUT2D eigenvalue weighted by atomic mass is 19.4. The summed E-state index contributed by atoms with van der Waals surface area (Å²) in [5.74, 6) is -2.81. The summed E-state index contributed by atoms with van der Waals surface area (Å²) in [6.45, 7) is 8.63. The Morgan fingerprint density at radius 2 is 1.73 bits per heavy atom. The lowest BCUT2D eigenvalue weighted by atomic mass is 9.44. The molecular weight excluding hydrogens is 397 g/mol. The second-order valence-electron chi connectivity index (χ2n) is 10.0. The first-order chi connectivity index (χ1) is 13.7. The van der Waals surface area contributed by atoms with Crippen molar-refractivity contribution in [2.75, 3.05) is 26.2 Å². The molecular formula is C22H39F3N2O3. The van der Waals surface area contributed by atoms with E-state index in [0.717, 1.165) is 25.7 Å². The molecule has 1 saturated carbocycles. The smallest absolute Gasteiger partial charge is 0.448 e. The molecule has 30 heavy (non-hydrogen) atoms. The number of halogens is 3. The van der Waals surface area contributed by atoms with Gasteiger partial charge in [0.2, 0.25) is 0 Å². The summed E-state index contributed by atoms with van der Waals surface area (Å²) < 4.78 is 46.9. The van der Waals surface area contributed by atoms with Crippen molar-refractivity contribution >= 4 is 0 Å². The van der Waals surface area contributed by atoms with Crippen molar-refractivity contribution in [1.82, 2.24) is 5.32 Å². The molecule has 0 bridgehead atoms. The molecule has 8 heteroatoms. The highest BCUT2D eigenvalue weighted by Gasteiger charge is 2.62. The van der Waals surface area contributed by atoms with Crippen molar-refractivity contribution in [1.29, 1.82) is 0 Å². The number of aliphatic hydroxyl groups is 2. The largest absolute Gasteiger partial charge is 0.504 e. The van der Waals surface area contributed by atoms with E-state index < -0.39 is 28.6 Å². The van der Waals surface area contributed by atoms with Crippen LogP contribution in [0.1, 0.15) is 72.6 Å². The van der Waals surface area contributed by atoms with Crippen LogP contribution in [0.4, 0.5) is 13.2 Å². The van der Waals surface area contributed by atoms with Crippen LogP contribution in [0.2, 0.25) is 0 Å². The van der Waals surface area contributed by atoms with E-state index in [1.165, 1.54) is 0 Å². The molecule has 0 spiro atoms. The standard InChI is InChI=1S/C22H39F3N2O3/c1-18-8-7-9-19(2,20(18,3)15-30-21(4,29)11-10-18)16(17(28)22(23,24)25)14-27-13-6-5-12-26/h27-29H,5-15,26H2,1-4H3/b17-16-/t18-,19+,20+,21+/m1/s1. The molecule has 0 radical (unpaired) electrons. The molecule has 1 heterocycles. The Balaban J connectivity index is 2.48. The number of rotatable bonds is 7. The van der Waals surface area contributed by atoms with E-state index in [4.69, 9.17) is 10.5 Å². The Hall–Kier alpha value is -0.830. The monoisotopic (exact) mass is 436 g/mol. The number of hydrogen-bond donors (Lipinski definition) is 4. The van der Waals surface area contributed by atoms with Gasteiger partial charge in [-0.05, 0) is 63.1 Å². The van der Waals surface area contributed by atoms with Crippen LogP contribution in [0.25, 0.3) is 0 Å². The fourth-order valence-electron chi connectivity index (χ4n) is 5.47. The minimum absolute atomic E-state index is 0.0127. The maximum atomic E-state index is 13.7. The van der Waals surface area contributed by atoms with Gasteiger partial charge in [-0.3, -0.25) is 0 Å². The summed E-state index contributed by atoms with van der Waals surface area (Å²) in [7, 11) is 0. The molecule has 5 N–H and O–H groups in total. The van der Waals surface area contributed by atoms with Crippen LogP contribution in [0, 0.1) is 16.2 Å². The van der Waals surface area contributed by atoms with Gasteiger partial charge in [0, 0.05) is 23.8 Å². The number of nitrogens with one attached hydrogen (secondary N) is 1. The summed E-state index contributed by atoms with van der Waals surface area (Å²) >= 11 is 0. The number of aliphatic hydroxyl groups excluding tert-OH is 1. The molecule has 0 unspecified atom stereocenters. The number of fused-ring (bicyclic) bond motifs is 1. The number of allylic oxidation sites excluding steroid dienone is 1. The van der Waals surface area contributed by atoms with Crippen LogP contribution in [0.3, 0.4) is 0 Å². The second kappa shape index (κ2) is 8.96. The van der Waals surface area contributed by atoms with Gasteiger partial charge in [-0.25, -0.2) is 0 Å². The van der Waals surface area contributed by atoms with Crippen molar-refractivity contribution in [3.05, 3.63) is 11.3 Å². The van der Waals surface area contributed by atoms with Crippen LogP contribution in [0.15, 0.2) is 11.3 Å². The molecule has 1 aliphatic carbocycles. The minimum atomic E-state index is -4.82. The zero-order valence-electron chi connectivity index (χ0n) is 18.8. The number of unbranched alkanes of at least 4 members (excludes halogenated alkanes) is 1. The van der Waals surface area contributed by atoms with Gasteiger partial charge < -0.3 is 26.0 Å². The fourth-order valence-corrected chi connectivity index (χ4v) is 5.47. The molecule has 4 atom stereocenters. The van der Waals surface area contributed by atoms with E-state index in [1.54, 1.807) is 6.92 Å². The average molecular weight is 437 g/mol. The Bertz CT molecular complexity index is 638. The van der Waals surface area contributed by atoms with Crippen molar-refractivity contribution in [2.24, 2.45) is 22.0 Å². The first-order valence-corrected chi connectivity index (χ1v) is 11.0. The first kappa shape index (κ1) is 25.4. The maximum absolute atomic E-state index is 13.7. The summed E-state index contributed by atoms with van der Waals surface area (Å²) in [4.78, 5) is 0. The van der Waals surface area contributed by atoms with Gasteiger partial charge in [-0.2, -0.15) is 13.2 Å². The van der Waals surface area contributed by atoms with E-state index in [-0.39, 0.29) is 24.1 Å². The normalized spacial score (nSPS) is 38.6. The predicted molar refractivity (Wildman–Crippen MR) is 111 cm³/mol. The van der Waals surface area contributed by atoms with Gasteiger partial charge in [0.15, 0.2) is 11.5 Å². The van der Waals surface area contributed by atoms with Crippen molar-refractivity contribution in [3.63, 3.8) is 0 Å². The molecule has 2 rings (SSSR count). The minimum Gasteiger partial charge on any atom is -0.504 e. The zero-order valence-corrected chi connectivity index (χ0v) is 18.8. The molecule has 2 fully saturated rings. The van der Waals surface area contributed by atoms with Gasteiger partial charge in [-0.1, -0.05) is 27.2 Å². The van der Waals surface area contributed by atoms with Crippen molar-refractivity contribution in [2.45, 2.75) is 84.6 Å². The fraction of sp³-hybridized carbons (Fsp3) is 0.909. The van der Waals surface area contributed by atoms with Crippen molar-refractivity contribution in [3.8, 4) is 0 Å². The highest BCUT2D eigenvalue weighted by molar-refractivity contribution is 5.28. The van der Waals surface area contributed by atoms with E-state index in [9.17, 15) is 23.4 Å². The molecule has 1 saturated heterocycles. The lowest BCUT2D eigenvalue weighted by Gasteiger charge is -2.60. The number of ether oxygens (including phenoxy) is 1. The van der Waals surface area contributed by atoms with E-state index in [1.807, 2.05) is 13.8 Å². The Morgan fingerprint density at radius 1 is 1.07 bits per heavy atom. The second-order valence-corrected chi connectivity index (χ2v) is 10.0. The molecule has 1 aliphatic heterocycles. The lowest BCUT2D eigenvalue weighted by Crippen LogP contribution is -2.56. The highest BCUT2D eigenvalue weighted by Crippen LogP contribution is 2.66. The van der Waals surface area contributed by atoms with Gasteiger partial charge >= 0.3 is 6.18 Å². The summed E-state index contributed by atoms with van der Waals surface area (Å²) in [6, 6.07) is 0. The van der Waals surface area contributed by atoms with Gasteiger partial charge in [0.1, 0.15) is 0 Å². The Morgan fingerprint density at radius 3 is 2.33 bits per heavy atom. The summed E-state index contributed by atoms with van der Waals surface area (Å²) in [5.41, 5.74) is 3.53. The molecule has 2 aliphatic rings. The summed E-state index contributed by atoms with van der Waals surface area (Å²) in [6.07, 6.45) is -0.0768. The van der Waals surface area contributed by atoms with Gasteiger partial charge in [0.25, 0.3) is 0 Å². The number of hydrogen-bond acceptors (Lipinski definition) is 5. The average Bonchev–Trinajstić information content (AvgIpc) is 2.74. The maximum Gasteiger partial charge on any atom is 0.448 e. The molecule has 0 amide bonds.